The number of benzene rings is 1. The molecule has 0 spiro atoms. The maximum atomic E-state index is 13.7. The van der Waals surface area contributed by atoms with Gasteiger partial charge in [0.1, 0.15) is 11.6 Å². The summed E-state index contributed by atoms with van der Waals surface area (Å²) in [7, 11) is -3.74. The van der Waals surface area contributed by atoms with Crippen LogP contribution in [0.2, 0.25) is 0 Å². The molecule has 3 heterocycles. The molecule has 3 N–H and O–H groups in total. The highest BCUT2D eigenvalue weighted by molar-refractivity contribution is 7.89. The van der Waals surface area contributed by atoms with Crippen molar-refractivity contribution < 1.29 is 22.0 Å². The van der Waals surface area contributed by atoms with Crippen molar-refractivity contribution in [3.8, 4) is 0 Å². The van der Waals surface area contributed by atoms with Crippen molar-refractivity contribution in [2.75, 3.05) is 19.6 Å². The summed E-state index contributed by atoms with van der Waals surface area (Å²) in [5, 5.41) is 2.68. The Morgan fingerprint density at radius 3 is 2.63 bits per heavy atom. The standard InChI is InChI=1S/C20H25FN4O4S/c21-16-4-2-1-3-15(16)13-22-20(26)14-8-11-25(12-9-14)30(27,28)19-6-5-18(29-19)17-7-10-23-24-17/h1-6,14,17,23-24H,7-13H2,(H,22,26). The molecule has 0 saturated carbocycles. The number of amides is 1. The number of halogens is 1. The first-order valence-corrected chi connectivity index (χ1v) is 11.5. The number of nitrogens with one attached hydrogen (secondary N) is 3. The van der Waals surface area contributed by atoms with Gasteiger partial charge in [0.05, 0.1) is 6.04 Å². The first-order chi connectivity index (χ1) is 14.4. The van der Waals surface area contributed by atoms with E-state index in [-0.39, 0.29) is 48.4 Å². The fraction of sp³-hybridized carbons (Fsp3) is 0.450. The van der Waals surface area contributed by atoms with Crippen LogP contribution in [0.5, 0.6) is 0 Å². The summed E-state index contributed by atoms with van der Waals surface area (Å²) in [5.74, 6) is -0.263. The van der Waals surface area contributed by atoms with Crippen LogP contribution in [0, 0.1) is 11.7 Å². The van der Waals surface area contributed by atoms with Crippen LogP contribution >= 0.6 is 0 Å². The van der Waals surface area contributed by atoms with E-state index in [0.717, 1.165) is 13.0 Å². The third-order valence-corrected chi connectivity index (χ3v) is 7.38. The fourth-order valence-corrected chi connectivity index (χ4v) is 5.20. The van der Waals surface area contributed by atoms with Gasteiger partial charge in [-0.2, -0.15) is 4.31 Å². The number of rotatable bonds is 6. The van der Waals surface area contributed by atoms with Crippen LogP contribution in [0.25, 0.3) is 0 Å². The van der Waals surface area contributed by atoms with Crippen molar-refractivity contribution in [1.29, 1.82) is 0 Å². The van der Waals surface area contributed by atoms with Gasteiger partial charge in [0.15, 0.2) is 0 Å². The number of furan rings is 1. The zero-order valence-electron chi connectivity index (χ0n) is 16.4. The van der Waals surface area contributed by atoms with Gasteiger partial charge in [-0.3, -0.25) is 10.2 Å². The maximum Gasteiger partial charge on any atom is 0.276 e. The van der Waals surface area contributed by atoms with Gasteiger partial charge in [0.25, 0.3) is 10.0 Å². The van der Waals surface area contributed by atoms with E-state index in [9.17, 15) is 17.6 Å². The highest BCUT2D eigenvalue weighted by Gasteiger charge is 2.34. The Bertz CT molecular complexity index is 996. The molecule has 2 aromatic rings. The van der Waals surface area contributed by atoms with Crippen molar-refractivity contribution in [3.05, 3.63) is 53.5 Å². The average molecular weight is 437 g/mol. The molecule has 0 aliphatic carbocycles. The molecule has 2 fully saturated rings. The van der Waals surface area contributed by atoms with Crippen molar-refractivity contribution in [2.24, 2.45) is 5.92 Å². The number of nitrogens with zero attached hydrogens (tertiary/aromatic N) is 1. The highest BCUT2D eigenvalue weighted by Crippen LogP contribution is 2.28. The Morgan fingerprint density at radius 1 is 1.17 bits per heavy atom. The molecule has 162 valence electrons. The third kappa shape index (κ3) is 4.41. The predicted molar refractivity (Wildman–Crippen MR) is 107 cm³/mol. The van der Waals surface area contributed by atoms with E-state index in [1.165, 1.54) is 16.4 Å². The molecular formula is C20H25FN4O4S. The molecular weight excluding hydrogens is 411 g/mol. The number of hydrogen-bond acceptors (Lipinski definition) is 6. The summed E-state index contributed by atoms with van der Waals surface area (Å²) < 4.78 is 46.4. The van der Waals surface area contributed by atoms with Gasteiger partial charge in [-0.25, -0.2) is 18.2 Å². The fourth-order valence-electron chi connectivity index (χ4n) is 3.81. The van der Waals surface area contributed by atoms with Crippen molar-refractivity contribution in [3.63, 3.8) is 0 Å². The van der Waals surface area contributed by atoms with Gasteiger partial charge >= 0.3 is 0 Å². The van der Waals surface area contributed by atoms with Crippen LogP contribution in [0.15, 0.2) is 45.9 Å². The monoisotopic (exact) mass is 436 g/mol. The number of carbonyl (C=O) groups excluding carboxylic acids is 1. The van der Waals surface area contributed by atoms with E-state index in [0.29, 0.717) is 24.2 Å². The molecule has 1 atom stereocenters. The summed E-state index contributed by atoms with van der Waals surface area (Å²) in [4.78, 5) is 12.4. The number of sulfonamides is 1. The number of piperidine rings is 1. The van der Waals surface area contributed by atoms with Crippen LogP contribution < -0.4 is 16.2 Å². The minimum Gasteiger partial charge on any atom is -0.447 e. The molecule has 30 heavy (non-hydrogen) atoms. The lowest BCUT2D eigenvalue weighted by Crippen LogP contribution is -2.42. The first kappa shape index (κ1) is 21.0. The van der Waals surface area contributed by atoms with Gasteiger partial charge in [0.2, 0.25) is 11.0 Å². The Labute approximate surface area is 174 Å². The van der Waals surface area contributed by atoms with Gasteiger partial charge in [-0.15, -0.1) is 0 Å². The Hall–Kier alpha value is -2.27. The molecule has 2 aliphatic heterocycles. The van der Waals surface area contributed by atoms with Gasteiger partial charge in [-0.1, -0.05) is 18.2 Å². The van der Waals surface area contributed by atoms with E-state index < -0.39 is 10.0 Å². The van der Waals surface area contributed by atoms with Crippen LogP contribution in [-0.2, 0) is 21.4 Å². The SMILES string of the molecule is O=C(NCc1ccccc1F)C1CCN(S(=O)(=O)c2ccc(C3CCNN3)o2)CC1. The summed E-state index contributed by atoms with van der Waals surface area (Å²) in [6, 6.07) is 9.41. The molecule has 1 aromatic heterocycles. The minimum atomic E-state index is -3.74. The predicted octanol–water partition coefficient (Wildman–Crippen LogP) is 1.67. The van der Waals surface area contributed by atoms with E-state index in [1.54, 1.807) is 24.3 Å². The van der Waals surface area contributed by atoms with Crippen LogP contribution in [0.4, 0.5) is 4.39 Å². The molecule has 10 heteroatoms. The summed E-state index contributed by atoms with van der Waals surface area (Å²) in [6.45, 7) is 1.38. The van der Waals surface area contributed by atoms with Gasteiger partial charge in [-0.05, 0) is 37.5 Å². The van der Waals surface area contributed by atoms with Crippen molar-refractivity contribution in [1.82, 2.24) is 20.5 Å². The van der Waals surface area contributed by atoms with Crippen LogP contribution in [0.1, 0.15) is 36.6 Å². The van der Waals surface area contributed by atoms with Crippen LogP contribution in [0.3, 0.4) is 0 Å². The Kier molecular flexibility index (Phi) is 6.19. The lowest BCUT2D eigenvalue weighted by Gasteiger charge is -2.29. The molecule has 2 saturated heterocycles. The molecule has 1 aromatic carbocycles. The molecule has 8 nitrogen and oxygen atoms in total. The topological polar surface area (TPSA) is 104 Å². The number of hydrazine groups is 1. The van der Waals surface area contributed by atoms with E-state index >= 15 is 0 Å². The second-order valence-electron chi connectivity index (χ2n) is 7.56. The number of carbonyl (C=O) groups is 1. The zero-order chi connectivity index (χ0) is 21.1. The average Bonchev–Trinajstić information content (AvgIpc) is 3.45. The van der Waals surface area contributed by atoms with E-state index in [4.69, 9.17) is 4.42 Å². The number of hydrogen-bond donors (Lipinski definition) is 3. The second kappa shape index (κ2) is 8.84. The Balaban J connectivity index is 1.32. The summed E-state index contributed by atoms with van der Waals surface area (Å²) in [5.41, 5.74) is 6.46. The van der Waals surface area contributed by atoms with Crippen molar-refractivity contribution >= 4 is 15.9 Å². The summed E-state index contributed by atoms with van der Waals surface area (Å²) in [6.07, 6.45) is 1.63. The molecule has 1 amide bonds. The van der Waals surface area contributed by atoms with E-state index in [2.05, 4.69) is 16.2 Å². The largest absolute Gasteiger partial charge is 0.447 e. The molecule has 0 radical (unpaired) electrons. The second-order valence-corrected chi connectivity index (χ2v) is 9.43. The minimum absolute atomic E-state index is 0.0437. The highest BCUT2D eigenvalue weighted by atomic mass is 32.2. The third-order valence-electron chi connectivity index (χ3n) is 5.61. The maximum absolute atomic E-state index is 13.7. The zero-order valence-corrected chi connectivity index (χ0v) is 17.3. The van der Waals surface area contributed by atoms with Crippen molar-refractivity contribution in [2.45, 2.75) is 36.9 Å². The molecule has 1 unspecified atom stereocenters. The normalized spacial score (nSPS) is 21.0. The first-order valence-electron chi connectivity index (χ1n) is 10.0. The lowest BCUT2D eigenvalue weighted by molar-refractivity contribution is -0.126. The lowest BCUT2D eigenvalue weighted by atomic mass is 9.97. The van der Waals surface area contributed by atoms with Gasteiger partial charge in [0, 0.05) is 37.7 Å². The quantitative estimate of drug-likeness (QED) is 0.637. The van der Waals surface area contributed by atoms with Crippen LogP contribution in [-0.4, -0.2) is 38.3 Å². The smallest absolute Gasteiger partial charge is 0.276 e. The summed E-state index contributed by atoms with van der Waals surface area (Å²) >= 11 is 0. The molecule has 4 rings (SSSR count). The Morgan fingerprint density at radius 2 is 1.93 bits per heavy atom. The van der Waals surface area contributed by atoms with E-state index in [1.807, 2.05) is 0 Å². The van der Waals surface area contributed by atoms with Gasteiger partial charge < -0.3 is 9.73 Å². The molecule has 2 aliphatic rings. The molecule has 0 bridgehead atoms.